The Balaban J connectivity index is 2.56. The highest BCUT2D eigenvalue weighted by molar-refractivity contribution is 8.01. The highest BCUT2D eigenvalue weighted by Gasteiger charge is 2.33. The Morgan fingerprint density at radius 1 is 1.75 bits per heavy atom. The number of hydrogen-bond donors (Lipinski definition) is 1. The summed E-state index contributed by atoms with van der Waals surface area (Å²) >= 11 is 2.95. The maximum Gasteiger partial charge on any atom is 0.326 e. The third kappa shape index (κ3) is 3.43. The minimum atomic E-state index is -0.688. The van der Waals surface area contributed by atoms with Gasteiger partial charge in [-0.1, -0.05) is 23.1 Å². The molecule has 0 aromatic carbocycles. The number of nitrogens with one attached hydrogen (secondary N) is 1. The van der Waals surface area contributed by atoms with Crippen LogP contribution in [-0.4, -0.2) is 41.1 Å². The molecule has 1 N–H and O–H groups in total. The fourth-order valence-electron chi connectivity index (χ4n) is 0.955. The van der Waals surface area contributed by atoms with Crippen LogP contribution < -0.4 is 5.32 Å². The molecule has 1 aromatic rings. The molecule has 0 aliphatic heterocycles. The van der Waals surface area contributed by atoms with E-state index in [0.29, 0.717) is 12.4 Å². The van der Waals surface area contributed by atoms with E-state index in [-0.39, 0.29) is 5.97 Å². The van der Waals surface area contributed by atoms with Gasteiger partial charge in [-0.3, -0.25) is 4.79 Å². The van der Waals surface area contributed by atoms with Gasteiger partial charge < -0.3 is 10.1 Å². The van der Waals surface area contributed by atoms with Crippen LogP contribution in [0.15, 0.2) is 9.85 Å². The minimum Gasteiger partial charge on any atom is -0.465 e. The van der Waals surface area contributed by atoms with Crippen molar-refractivity contribution in [3.63, 3.8) is 0 Å². The van der Waals surface area contributed by atoms with Crippen LogP contribution in [0.3, 0.4) is 0 Å². The van der Waals surface area contributed by atoms with Gasteiger partial charge in [-0.05, 0) is 20.9 Å². The van der Waals surface area contributed by atoms with Crippen LogP contribution in [0, 0.1) is 0 Å². The molecular formula is C9H15N3O2S2. The van der Waals surface area contributed by atoms with Crippen molar-refractivity contribution in [3.05, 3.63) is 5.51 Å². The van der Waals surface area contributed by atoms with Crippen molar-refractivity contribution < 1.29 is 9.53 Å². The van der Waals surface area contributed by atoms with E-state index in [0.717, 1.165) is 4.34 Å². The predicted octanol–water partition coefficient (Wildman–Crippen LogP) is 1.17. The Hall–Kier alpha value is -0.660. The fourth-order valence-corrected chi connectivity index (χ4v) is 2.59. The first-order valence-corrected chi connectivity index (χ1v) is 6.74. The Morgan fingerprint density at radius 3 is 3.00 bits per heavy atom. The summed E-state index contributed by atoms with van der Waals surface area (Å²) < 4.78 is 5.87. The number of thioether (sulfide) groups is 1. The van der Waals surface area contributed by atoms with Gasteiger partial charge in [0.25, 0.3) is 0 Å². The lowest BCUT2D eigenvalue weighted by Crippen LogP contribution is -2.50. The van der Waals surface area contributed by atoms with Crippen LogP contribution in [0.5, 0.6) is 0 Å². The number of likely N-dealkylation sites (N-methyl/N-ethyl adjacent to an activating group) is 1. The van der Waals surface area contributed by atoms with Crippen molar-refractivity contribution in [2.24, 2.45) is 0 Å². The second kappa shape index (κ2) is 6.17. The third-order valence-corrected chi connectivity index (χ3v) is 4.28. The van der Waals surface area contributed by atoms with Crippen LogP contribution in [-0.2, 0) is 9.53 Å². The molecule has 16 heavy (non-hydrogen) atoms. The van der Waals surface area contributed by atoms with E-state index in [1.807, 2.05) is 6.92 Å². The number of rotatable bonds is 6. The van der Waals surface area contributed by atoms with Gasteiger partial charge in [-0.15, -0.1) is 10.2 Å². The quantitative estimate of drug-likeness (QED) is 0.612. The fraction of sp³-hybridized carbons (Fsp3) is 0.667. The zero-order valence-electron chi connectivity index (χ0n) is 9.52. The second-order valence-electron chi connectivity index (χ2n) is 3.30. The Morgan fingerprint density at radius 2 is 2.50 bits per heavy atom. The van der Waals surface area contributed by atoms with E-state index >= 15 is 0 Å². The predicted molar refractivity (Wildman–Crippen MR) is 64.7 cm³/mol. The molecule has 0 fully saturated rings. The number of carbonyl (C=O) groups is 1. The Bertz CT molecular complexity index is 332. The topological polar surface area (TPSA) is 64.1 Å². The van der Waals surface area contributed by atoms with Gasteiger partial charge in [0.2, 0.25) is 0 Å². The molecule has 0 aliphatic carbocycles. The first-order chi connectivity index (χ1) is 7.62. The summed E-state index contributed by atoms with van der Waals surface area (Å²) in [5.41, 5.74) is 0.982. The number of esters is 1. The normalized spacial score (nSPS) is 14.4. The molecular weight excluding hydrogens is 246 g/mol. The van der Waals surface area contributed by atoms with Gasteiger partial charge in [-0.25, -0.2) is 0 Å². The smallest absolute Gasteiger partial charge is 0.326 e. The molecule has 90 valence electrons. The van der Waals surface area contributed by atoms with E-state index in [4.69, 9.17) is 4.74 Å². The molecule has 0 bridgehead atoms. The van der Waals surface area contributed by atoms with E-state index in [1.165, 1.54) is 23.1 Å². The molecule has 0 saturated carbocycles. The monoisotopic (exact) mass is 261 g/mol. The standard InChI is InChI=1S/C9H15N3O2S2/c1-4-14-7(13)9(2,10-3)5-15-8-12-11-6-16-8/h6,10H,4-5H2,1-3H3. The minimum absolute atomic E-state index is 0.241. The van der Waals surface area contributed by atoms with Crippen LogP contribution >= 0.6 is 23.1 Å². The molecule has 1 rings (SSSR count). The maximum absolute atomic E-state index is 11.7. The van der Waals surface area contributed by atoms with E-state index < -0.39 is 5.54 Å². The number of aromatic nitrogens is 2. The zero-order valence-corrected chi connectivity index (χ0v) is 11.2. The van der Waals surface area contributed by atoms with E-state index in [9.17, 15) is 4.79 Å². The Labute approximate surface area is 103 Å². The van der Waals surface area contributed by atoms with Gasteiger partial charge in [0.1, 0.15) is 11.0 Å². The molecule has 0 radical (unpaired) electrons. The Kier molecular flexibility index (Phi) is 5.17. The highest BCUT2D eigenvalue weighted by atomic mass is 32.2. The van der Waals surface area contributed by atoms with Gasteiger partial charge >= 0.3 is 5.97 Å². The molecule has 1 heterocycles. The van der Waals surface area contributed by atoms with Gasteiger partial charge in [0.05, 0.1) is 6.61 Å². The largest absolute Gasteiger partial charge is 0.465 e. The van der Waals surface area contributed by atoms with Crippen LogP contribution in [0.1, 0.15) is 13.8 Å². The average molecular weight is 261 g/mol. The summed E-state index contributed by atoms with van der Waals surface area (Å²) in [6, 6.07) is 0. The first-order valence-electron chi connectivity index (χ1n) is 4.87. The molecule has 0 aliphatic rings. The van der Waals surface area contributed by atoms with Gasteiger partial charge in [0.15, 0.2) is 4.34 Å². The summed E-state index contributed by atoms with van der Waals surface area (Å²) in [4.78, 5) is 11.7. The number of hydrogen-bond acceptors (Lipinski definition) is 7. The lowest BCUT2D eigenvalue weighted by Gasteiger charge is -2.25. The maximum atomic E-state index is 11.7. The van der Waals surface area contributed by atoms with Crippen molar-refractivity contribution in [3.8, 4) is 0 Å². The molecule has 0 amide bonds. The average Bonchev–Trinajstić information content (AvgIpc) is 2.79. The van der Waals surface area contributed by atoms with E-state index in [2.05, 4.69) is 15.5 Å². The van der Waals surface area contributed by atoms with Crippen LogP contribution in [0.2, 0.25) is 0 Å². The molecule has 5 nitrogen and oxygen atoms in total. The van der Waals surface area contributed by atoms with Crippen LogP contribution in [0.4, 0.5) is 0 Å². The number of carbonyl (C=O) groups excluding carboxylic acids is 1. The molecule has 0 saturated heterocycles. The molecule has 0 spiro atoms. The number of nitrogens with zero attached hydrogens (tertiary/aromatic N) is 2. The third-order valence-electron chi connectivity index (χ3n) is 2.10. The van der Waals surface area contributed by atoms with Crippen LogP contribution in [0.25, 0.3) is 0 Å². The molecule has 1 unspecified atom stereocenters. The lowest BCUT2D eigenvalue weighted by molar-refractivity contribution is -0.149. The lowest BCUT2D eigenvalue weighted by atomic mass is 10.1. The van der Waals surface area contributed by atoms with Crippen molar-refractivity contribution in [2.45, 2.75) is 23.7 Å². The van der Waals surface area contributed by atoms with E-state index in [1.54, 1.807) is 19.5 Å². The van der Waals surface area contributed by atoms with Crippen molar-refractivity contribution in [1.29, 1.82) is 0 Å². The highest BCUT2D eigenvalue weighted by Crippen LogP contribution is 2.24. The SMILES string of the molecule is CCOC(=O)C(C)(CSc1nncs1)NC. The van der Waals surface area contributed by atoms with Crippen molar-refractivity contribution in [2.75, 3.05) is 19.4 Å². The number of ether oxygens (including phenoxy) is 1. The summed E-state index contributed by atoms with van der Waals surface area (Å²) in [7, 11) is 1.75. The molecule has 1 aromatic heterocycles. The summed E-state index contributed by atoms with van der Waals surface area (Å²) in [6.07, 6.45) is 0. The summed E-state index contributed by atoms with van der Waals surface area (Å²) in [5, 5.41) is 10.6. The zero-order chi connectivity index (χ0) is 12.0. The van der Waals surface area contributed by atoms with Crippen molar-refractivity contribution in [1.82, 2.24) is 15.5 Å². The second-order valence-corrected chi connectivity index (χ2v) is 5.35. The molecule has 1 atom stereocenters. The summed E-state index contributed by atoms with van der Waals surface area (Å²) in [5.74, 6) is 0.326. The van der Waals surface area contributed by atoms with Gasteiger partial charge in [-0.2, -0.15) is 0 Å². The first kappa shape index (κ1) is 13.4. The van der Waals surface area contributed by atoms with Gasteiger partial charge in [0, 0.05) is 5.75 Å². The molecule has 7 heteroatoms. The van der Waals surface area contributed by atoms with Crippen molar-refractivity contribution >= 4 is 29.1 Å². The summed E-state index contributed by atoms with van der Waals surface area (Å²) in [6.45, 7) is 4.00.